The fraction of sp³-hybridized carbons (Fsp3) is 0.421. The first-order chi connectivity index (χ1) is 11.7. The molecule has 134 valence electrons. The molecule has 0 radical (unpaired) electrons. The Morgan fingerprint density at radius 3 is 2.52 bits per heavy atom. The molecule has 25 heavy (non-hydrogen) atoms. The number of hydrogen-bond acceptors (Lipinski definition) is 4. The molecule has 0 spiro atoms. The number of fused-ring (bicyclic) bond motifs is 1. The maximum atomic E-state index is 12.7. The maximum absolute atomic E-state index is 12.7. The van der Waals surface area contributed by atoms with Crippen molar-refractivity contribution in [2.45, 2.75) is 46.0 Å². The summed E-state index contributed by atoms with van der Waals surface area (Å²) in [6, 6.07) is 5.30. The van der Waals surface area contributed by atoms with Gasteiger partial charge in [-0.3, -0.25) is 4.79 Å². The van der Waals surface area contributed by atoms with E-state index in [0.29, 0.717) is 32.7 Å². The van der Waals surface area contributed by atoms with Crippen LogP contribution < -0.4 is 0 Å². The number of hydrogen-bond donors (Lipinski definition) is 1. The number of aryl methyl sites for hydroxylation is 1. The van der Waals surface area contributed by atoms with Gasteiger partial charge in [0.05, 0.1) is 28.4 Å². The minimum atomic E-state index is -0.931. The Morgan fingerprint density at radius 1 is 1.28 bits per heavy atom. The lowest BCUT2D eigenvalue weighted by Crippen LogP contribution is -2.23. The number of aliphatic carboxylic acids is 1. The number of aromatic nitrogens is 1. The smallest absolute Gasteiger partial charge is 0.340 e. The number of ether oxygens (including phenoxy) is 1. The van der Waals surface area contributed by atoms with Crippen LogP contribution in [0.2, 0.25) is 5.02 Å². The highest BCUT2D eigenvalue weighted by atomic mass is 35.5. The third kappa shape index (κ3) is 4.10. The second-order valence-electron chi connectivity index (χ2n) is 6.81. The molecule has 0 fully saturated rings. The van der Waals surface area contributed by atoms with Crippen LogP contribution in [0.25, 0.3) is 10.9 Å². The molecule has 0 aliphatic heterocycles. The molecule has 0 aliphatic rings. The zero-order valence-corrected chi connectivity index (χ0v) is 15.6. The van der Waals surface area contributed by atoms with Gasteiger partial charge in [-0.1, -0.05) is 44.5 Å². The van der Waals surface area contributed by atoms with Gasteiger partial charge in [0.1, 0.15) is 0 Å². The molecule has 0 unspecified atom stereocenters. The third-order valence-corrected chi connectivity index (χ3v) is 4.16. The van der Waals surface area contributed by atoms with Crippen molar-refractivity contribution in [3.8, 4) is 0 Å². The van der Waals surface area contributed by atoms with E-state index in [1.54, 1.807) is 25.1 Å². The zero-order chi connectivity index (χ0) is 18.8. The zero-order valence-electron chi connectivity index (χ0n) is 14.9. The van der Waals surface area contributed by atoms with E-state index in [0.717, 1.165) is 0 Å². The molecule has 6 heteroatoms. The van der Waals surface area contributed by atoms with Crippen LogP contribution in [0.3, 0.4) is 0 Å². The van der Waals surface area contributed by atoms with Gasteiger partial charge in [-0.05, 0) is 25.0 Å². The highest BCUT2D eigenvalue weighted by Crippen LogP contribution is 2.34. The topological polar surface area (TPSA) is 76.5 Å². The highest BCUT2D eigenvalue weighted by molar-refractivity contribution is 6.35. The number of nitrogens with zero attached hydrogens (tertiary/aromatic N) is 1. The summed E-state index contributed by atoms with van der Waals surface area (Å²) in [6.45, 7) is 7.80. The predicted molar refractivity (Wildman–Crippen MR) is 97.4 cm³/mol. The molecule has 0 saturated heterocycles. The third-order valence-electron chi connectivity index (χ3n) is 3.85. The van der Waals surface area contributed by atoms with Gasteiger partial charge in [0.25, 0.3) is 0 Å². The summed E-state index contributed by atoms with van der Waals surface area (Å²) in [6.07, 6.45) is 0.105. The van der Waals surface area contributed by atoms with E-state index in [1.807, 2.05) is 20.8 Å². The van der Waals surface area contributed by atoms with E-state index in [-0.39, 0.29) is 19.4 Å². The summed E-state index contributed by atoms with van der Waals surface area (Å²) >= 11 is 6.31. The van der Waals surface area contributed by atoms with Crippen molar-refractivity contribution in [1.29, 1.82) is 0 Å². The maximum Gasteiger partial charge on any atom is 0.340 e. The number of pyridine rings is 1. The number of rotatable bonds is 5. The summed E-state index contributed by atoms with van der Waals surface area (Å²) in [5.74, 6) is -1.42. The van der Waals surface area contributed by atoms with Crippen molar-refractivity contribution in [3.63, 3.8) is 0 Å². The predicted octanol–water partition coefficient (Wildman–Crippen LogP) is 4.38. The quantitative estimate of drug-likeness (QED) is 0.798. The molecule has 1 N–H and O–H groups in total. The lowest BCUT2D eigenvalue weighted by Gasteiger charge is -2.24. The Balaban J connectivity index is 2.87. The number of carbonyl (C=O) groups excluding carboxylic acids is 1. The van der Waals surface area contributed by atoms with E-state index < -0.39 is 17.4 Å². The first kappa shape index (κ1) is 19.2. The summed E-state index contributed by atoms with van der Waals surface area (Å²) in [5, 5.41) is 10.3. The minimum Gasteiger partial charge on any atom is -0.481 e. The van der Waals surface area contributed by atoms with Crippen LogP contribution in [-0.2, 0) is 21.4 Å². The molecule has 2 aromatic rings. The normalized spacial score (nSPS) is 11.6. The number of esters is 1. The Morgan fingerprint density at radius 2 is 1.96 bits per heavy atom. The highest BCUT2D eigenvalue weighted by Gasteiger charge is 2.29. The molecule has 5 nitrogen and oxygen atoms in total. The van der Waals surface area contributed by atoms with Crippen LogP contribution in [0.5, 0.6) is 0 Å². The number of carboxylic acid groups (broad SMARTS) is 1. The van der Waals surface area contributed by atoms with Crippen molar-refractivity contribution >= 4 is 34.4 Å². The standard InChI is InChI=1S/C19H22ClNO4/c1-5-25-18(24)15-11(9-10-14(22)23)12-7-6-8-13(20)16(12)21-17(15)19(2,3)4/h6-8H,5,9-10H2,1-4H3,(H,22,23). The van der Waals surface area contributed by atoms with Gasteiger partial charge >= 0.3 is 11.9 Å². The lowest BCUT2D eigenvalue weighted by molar-refractivity contribution is -0.136. The molecule has 0 amide bonds. The number of halogens is 1. The molecule has 0 bridgehead atoms. The van der Waals surface area contributed by atoms with Crippen LogP contribution in [0, 0.1) is 0 Å². The van der Waals surface area contributed by atoms with Gasteiger partial charge in [0, 0.05) is 17.2 Å². The first-order valence-electron chi connectivity index (χ1n) is 8.17. The van der Waals surface area contributed by atoms with Gasteiger partial charge < -0.3 is 9.84 Å². The SMILES string of the molecule is CCOC(=O)c1c(C(C)(C)C)nc2c(Cl)cccc2c1CCC(=O)O. The Labute approximate surface area is 152 Å². The van der Waals surface area contributed by atoms with Gasteiger partial charge in [-0.25, -0.2) is 9.78 Å². The van der Waals surface area contributed by atoms with Crippen molar-refractivity contribution in [2.24, 2.45) is 0 Å². The van der Waals surface area contributed by atoms with Gasteiger partial charge in [0.15, 0.2) is 0 Å². The largest absolute Gasteiger partial charge is 0.481 e. The molecule has 0 saturated carbocycles. The Hall–Kier alpha value is -2.14. The van der Waals surface area contributed by atoms with Gasteiger partial charge in [-0.2, -0.15) is 0 Å². The molecule has 1 aromatic heterocycles. The second kappa shape index (κ2) is 7.40. The molecule has 2 rings (SSSR count). The number of carboxylic acids is 1. The van der Waals surface area contributed by atoms with E-state index in [1.165, 1.54) is 0 Å². The molecule has 0 aliphatic carbocycles. The fourth-order valence-corrected chi connectivity index (χ4v) is 2.99. The van der Waals surface area contributed by atoms with Gasteiger partial charge in [-0.15, -0.1) is 0 Å². The van der Waals surface area contributed by atoms with Crippen LogP contribution in [0.4, 0.5) is 0 Å². The molecule has 1 aromatic carbocycles. The first-order valence-corrected chi connectivity index (χ1v) is 8.55. The second-order valence-corrected chi connectivity index (χ2v) is 7.22. The summed E-state index contributed by atoms with van der Waals surface area (Å²) < 4.78 is 5.23. The minimum absolute atomic E-state index is 0.0956. The Bertz CT molecular complexity index is 824. The van der Waals surface area contributed by atoms with Crippen molar-refractivity contribution in [1.82, 2.24) is 4.98 Å². The number of benzene rings is 1. The van der Waals surface area contributed by atoms with Crippen molar-refractivity contribution in [3.05, 3.63) is 40.0 Å². The molecular weight excluding hydrogens is 342 g/mol. The van der Waals surface area contributed by atoms with E-state index >= 15 is 0 Å². The molecule has 0 atom stereocenters. The van der Waals surface area contributed by atoms with E-state index in [4.69, 9.17) is 21.4 Å². The van der Waals surface area contributed by atoms with Crippen LogP contribution in [0.1, 0.15) is 55.7 Å². The van der Waals surface area contributed by atoms with E-state index in [9.17, 15) is 9.59 Å². The number of para-hydroxylation sites is 1. The van der Waals surface area contributed by atoms with Crippen LogP contribution >= 0.6 is 11.6 Å². The van der Waals surface area contributed by atoms with Crippen LogP contribution in [0.15, 0.2) is 18.2 Å². The summed E-state index contributed by atoms with van der Waals surface area (Å²) in [7, 11) is 0. The summed E-state index contributed by atoms with van der Waals surface area (Å²) in [4.78, 5) is 28.4. The van der Waals surface area contributed by atoms with Gasteiger partial charge in [0.2, 0.25) is 0 Å². The monoisotopic (exact) mass is 363 g/mol. The average molecular weight is 364 g/mol. The van der Waals surface area contributed by atoms with Crippen molar-refractivity contribution < 1.29 is 19.4 Å². The van der Waals surface area contributed by atoms with Crippen molar-refractivity contribution in [2.75, 3.05) is 6.61 Å². The average Bonchev–Trinajstić information content (AvgIpc) is 2.51. The molecular formula is C19H22ClNO4. The van der Waals surface area contributed by atoms with Crippen LogP contribution in [-0.4, -0.2) is 28.6 Å². The van der Waals surface area contributed by atoms with E-state index in [2.05, 4.69) is 4.98 Å². The fourth-order valence-electron chi connectivity index (χ4n) is 2.78. The molecule has 1 heterocycles. The summed E-state index contributed by atoms with van der Waals surface area (Å²) in [5.41, 5.74) is 1.67. The number of carbonyl (C=O) groups is 2. The lowest BCUT2D eigenvalue weighted by atomic mass is 9.84. The Kier molecular flexibility index (Phi) is 5.68.